The van der Waals surface area contributed by atoms with Gasteiger partial charge in [-0.1, -0.05) is 20.8 Å². The fourth-order valence-corrected chi connectivity index (χ4v) is 3.56. The molecular weight excluding hydrogens is 324 g/mol. The molecule has 24 heavy (non-hydrogen) atoms. The summed E-state index contributed by atoms with van der Waals surface area (Å²) in [6.07, 6.45) is 0.109. The molecule has 1 heterocycles. The fraction of sp³-hybridized carbons (Fsp3) is 0.556. The molecule has 0 aromatic heterocycles. The molecule has 1 saturated heterocycles. The second kappa shape index (κ2) is 7.47. The number of thioether (sulfide) groups is 1. The van der Waals surface area contributed by atoms with Crippen molar-refractivity contribution in [3.8, 4) is 5.75 Å². The first-order valence-electron chi connectivity index (χ1n) is 8.15. The lowest BCUT2D eigenvalue weighted by Gasteiger charge is -2.29. The maximum atomic E-state index is 12.6. The highest BCUT2D eigenvalue weighted by Crippen LogP contribution is 2.28. The summed E-state index contributed by atoms with van der Waals surface area (Å²) < 4.78 is 5.59. The van der Waals surface area contributed by atoms with E-state index in [1.165, 1.54) is 0 Å². The quantitative estimate of drug-likeness (QED) is 0.905. The highest BCUT2D eigenvalue weighted by atomic mass is 32.2. The van der Waals surface area contributed by atoms with Gasteiger partial charge in [-0.3, -0.25) is 9.59 Å². The predicted molar refractivity (Wildman–Crippen MR) is 98.2 cm³/mol. The second-order valence-electron chi connectivity index (χ2n) is 7.22. The Morgan fingerprint density at radius 1 is 1.25 bits per heavy atom. The van der Waals surface area contributed by atoms with E-state index in [0.717, 1.165) is 5.75 Å². The van der Waals surface area contributed by atoms with E-state index in [1.54, 1.807) is 16.7 Å². The van der Waals surface area contributed by atoms with Gasteiger partial charge in [-0.25, -0.2) is 0 Å². The first-order chi connectivity index (χ1) is 11.2. The minimum absolute atomic E-state index is 0.00771. The highest BCUT2D eigenvalue weighted by molar-refractivity contribution is 7.99. The summed E-state index contributed by atoms with van der Waals surface area (Å²) >= 11 is 1.61. The number of hydrogen-bond acceptors (Lipinski definition) is 4. The third kappa shape index (κ3) is 4.66. The van der Waals surface area contributed by atoms with Gasteiger partial charge in [0.1, 0.15) is 11.8 Å². The van der Waals surface area contributed by atoms with Crippen LogP contribution >= 0.6 is 11.8 Å². The number of carbonyl (C=O) groups is 2. The van der Waals surface area contributed by atoms with E-state index < -0.39 is 11.5 Å². The number of nitrogens with zero attached hydrogens (tertiary/aromatic N) is 1. The van der Waals surface area contributed by atoms with Crippen LogP contribution in [-0.2, 0) is 9.59 Å². The standard InChI is InChI=1S/C18H26N2O3S/c1-12(2)23-14-8-6-13(7-9-14)19-16(21)15-10-24-11-20(15)17(22)18(3,4)5/h6-9,12,15H,10-11H2,1-5H3,(H,19,21). The number of carbonyl (C=O) groups excluding carboxylic acids is 2. The number of nitrogens with one attached hydrogen (secondary N) is 1. The van der Waals surface area contributed by atoms with Gasteiger partial charge in [0.15, 0.2) is 0 Å². The molecule has 0 spiro atoms. The van der Waals surface area contributed by atoms with Crippen molar-refractivity contribution in [1.29, 1.82) is 0 Å². The maximum absolute atomic E-state index is 12.6. The lowest BCUT2D eigenvalue weighted by molar-refractivity contribution is -0.143. The smallest absolute Gasteiger partial charge is 0.248 e. The van der Waals surface area contributed by atoms with Gasteiger partial charge in [-0.15, -0.1) is 11.8 Å². The molecule has 1 aliphatic heterocycles. The van der Waals surface area contributed by atoms with Crippen LogP contribution in [0.2, 0.25) is 0 Å². The van der Waals surface area contributed by atoms with Gasteiger partial charge in [0.05, 0.1) is 12.0 Å². The molecule has 2 rings (SSSR count). The van der Waals surface area contributed by atoms with Crippen molar-refractivity contribution in [2.24, 2.45) is 5.41 Å². The molecule has 6 heteroatoms. The average molecular weight is 350 g/mol. The van der Waals surface area contributed by atoms with Crippen molar-refractivity contribution in [1.82, 2.24) is 4.90 Å². The lowest BCUT2D eigenvalue weighted by Crippen LogP contribution is -2.48. The minimum Gasteiger partial charge on any atom is -0.491 e. The zero-order valence-electron chi connectivity index (χ0n) is 15.0. The molecule has 0 aliphatic carbocycles. The Labute approximate surface area is 148 Å². The first kappa shape index (κ1) is 18.6. The summed E-state index contributed by atoms with van der Waals surface area (Å²) in [5.74, 6) is 1.82. The summed E-state index contributed by atoms with van der Waals surface area (Å²) in [6.45, 7) is 9.56. The number of ether oxygens (including phenoxy) is 1. The molecule has 5 nitrogen and oxygen atoms in total. The highest BCUT2D eigenvalue weighted by Gasteiger charge is 2.38. The van der Waals surface area contributed by atoms with Crippen molar-refractivity contribution in [3.05, 3.63) is 24.3 Å². The van der Waals surface area contributed by atoms with Gasteiger partial charge in [0.2, 0.25) is 11.8 Å². The van der Waals surface area contributed by atoms with Crippen LogP contribution in [0.15, 0.2) is 24.3 Å². The Morgan fingerprint density at radius 2 is 1.88 bits per heavy atom. The number of anilines is 1. The number of benzene rings is 1. The maximum Gasteiger partial charge on any atom is 0.248 e. The molecule has 2 amide bonds. The number of rotatable bonds is 4. The van der Waals surface area contributed by atoms with E-state index in [2.05, 4.69) is 5.32 Å². The summed E-state index contributed by atoms with van der Waals surface area (Å²) in [5, 5.41) is 2.90. The Bertz CT molecular complexity index is 593. The molecule has 1 aromatic rings. The molecule has 1 atom stereocenters. The SMILES string of the molecule is CC(C)Oc1ccc(NC(=O)C2CSCN2C(=O)C(C)(C)C)cc1. The molecular formula is C18H26N2O3S. The molecule has 1 aliphatic rings. The molecule has 0 radical (unpaired) electrons. The van der Waals surface area contributed by atoms with Crippen molar-refractivity contribution < 1.29 is 14.3 Å². The molecule has 0 saturated carbocycles. The van der Waals surface area contributed by atoms with Gasteiger partial charge in [0.25, 0.3) is 0 Å². The number of amides is 2. The third-order valence-electron chi connectivity index (χ3n) is 3.58. The van der Waals surface area contributed by atoms with E-state index in [0.29, 0.717) is 17.3 Å². The Kier molecular flexibility index (Phi) is 5.80. The largest absolute Gasteiger partial charge is 0.491 e. The lowest BCUT2D eigenvalue weighted by atomic mass is 9.94. The van der Waals surface area contributed by atoms with E-state index in [9.17, 15) is 9.59 Å². The Morgan fingerprint density at radius 3 is 2.42 bits per heavy atom. The van der Waals surface area contributed by atoms with Crippen LogP contribution < -0.4 is 10.1 Å². The van der Waals surface area contributed by atoms with Crippen molar-refractivity contribution in [2.45, 2.75) is 46.8 Å². The predicted octanol–water partition coefficient (Wildman–Crippen LogP) is 3.36. The third-order valence-corrected chi connectivity index (χ3v) is 4.59. The van der Waals surface area contributed by atoms with Gasteiger partial charge in [-0.2, -0.15) is 0 Å². The van der Waals surface area contributed by atoms with E-state index in [4.69, 9.17) is 4.74 Å². The van der Waals surface area contributed by atoms with E-state index in [1.807, 2.05) is 58.9 Å². The normalized spacial score (nSPS) is 17.9. The zero-order valence-corrected chi connectivity index (χ0v) is 15.8. The molecule has 1 N–H and O–H groups in total. The van der Waals surface area contributed by atoms with Crippen LogP contribution in [0.3, 0.4) is 0 Å². The first-order valence-corrected chi connectivity index (χ1v) is 9.30. The van der Waals surface area contributed by atoms with Crippen LogP contribution in [0.25, 0.3) is 0 Å². The summed E-state index contributed by atoms with van der Waals surface area (Å²) in [4.78, 5) is 26.7. The van der Waals surface area contributed by atoms with Gasteiger partial charge >= 0.3 is 0 Å². The van der Waals surface area contributed by atoms with Crippen LogP contribution in [0.4, 0.5) is 5.69 Å². The van der Waals surface area contributed by atoms with E-state index >= 15 is 0 Å². The van der Waals surface area contributed by atoms with E-state index in [-0.39, 0.29) is 17.9 Å². The van der Waals surface area contributed by atoms with Crippen LogP contribution in [-0.4, -0.2) is 40.5 Å². The topological polar surface area (TPSA) is 58.6 Å². The second-order valence-corrected chi connectivity index (χ2v) is 8.22. The van der Waals surface area contributed by atoms with Gasteiger partial charge in [0, 0.05) is 16.9 Å². The Balaban J connectivity index is 2.02. The number of hydrogen-bond donors (Lipinski definition) is 1. The van der Waals surface area contributed by atoms with Gasteiger partial charge in [-0.05, 0) is 38.1 Å². The molecule has 1 unspecified atom stereocenters. The summed E-state index contributed by atoms with van der Waals surface area (Å²) in [7, 11) is 0. The monoisotopic (exact) mass is 350 g/mol. The van der Waals surface area contributed by atoms with Crippen molar-refractivity contribution in [2.75, 3.05) is 16.9 Å². The van der Waals surface area contributed by atoms with Gasteiger partial charge < -0.3 is 15.0 Å². The molecule has 0 bridgehead atoms. The Hall–Kier alpha value is -1.69. The molecule has 1 aromatic carbocycles. The molecule has 1 fully saturated rings. The van der Waals surface area contributed by atoms with Crippen LogP contribution in [0.1, 0.15) is 34.6 Å². The zero-order chi connectivity index (χ0) is 17.9. The summed E-state index contributed by atoms with van der Waals surface area (Å²) in [5.41, 5.74) is 0.218. The fourth-order valence-electron chi connectivity index (χ4n) is 2.41. The van der Waals surface area contributed by atoms with Crippen molar-refractivity contribution in [3.63, 3.8) is 0 Å². The van der Waals surface area contributed by atoms with Crippen LogP contribution in [0.5, 0.6) is 5.75 Å². The van der Waals surface area contributed by atoms with Crippen LogP contribution in [0, 0.1) is 5.41 Å². The average Bonchev–Trinajstić information content (AvgIpc) is 2.96. The summed E-state index contributed by atoms with van der Waals surface area (Å²) in [6, 6.07) is 6.86. The van der Waals surface area contributed by atoms with Crippen molar-refractivity contribution >= 4 is 29.3 Å². The molecule has 132 valence electrons. The minimum atomic E-state index is -0.487.